The molecular formula is C6H12Ni. The predicted molar refractivity (Wildman–Crippen MR) is 33.2 cm³/mol. The summed E-state index contributed by atoms with van der Waals surface area (Å²) in [6.45, 7) is 6.72. The molecule has 0 saturated carbocycles. The molecule has 0 rings (SSSR count). The molecule has 0 aromatic rings. The Labute approximate surface area is 57.2 Å². The van der Waals surface area contributed by atoms with E-state index in [9.17, 15) is 0 Å². The minimum atomic E-state index is 0. The van der Waals surface area contributed by atoms with E-state index in [2.05, 4.69) is 13.2 Å². The molecular weight excluding hydrogens is 131 g/mol. The largest absolute Gasteiger partial charge is 2.00 e. The van der Waals surface area contributed by atoms with E-state index in [0.29, 0.717) is 0 Å². The van der Waals surface area contributed by atoms with Crippen LogP contribution in [0.2, 0.25) is 0 Å². The Bertz CT molecular complexity index is 25.2. The van der Waals surface area contributed by atoms with E-state index in [1.807, 2.05) is 0 Å². The number of hydrogen-bond donors (Lipinski definition) is 0. The molecule has 0 unspecified atom stereocenters. The molecule has 0 amide bonds. The average molecular weight is 143 g/mol. The molecule has 0 bridgehead atoms. The molecule has 0 radical (unpaired) electrons. The number of rotatable bonds is 1. The van der Waals surface area contributed by atoms with Gasteiger partial charge in [-0.2, -0.15) is 0 Å². The Balaban J connectivity index is -0.0000000150. The van der Waals surface area contributed by atoms with Gasteiger partial charge in [-0.3, -0.25) is 0 Å². The third kappa shape index (κ3) is 99.5. The average Bonchev–Trinajstić information content (AvgIpc) is 1.37. The Hall–Kier alpha value is -0.0265. The minimum absolute atomic E-state index is 0. The van der Waals surface area contributed by atoms with Crippen molar-refractivity contribution in [2.75, 3.05) is 0 Å². The van der Waals surface area contributed by atoms with E-state index in [1.165, 1.54) is 0 Å². The molecule has 0 fully saturated rings. The van der Waals surface area contributed by atoms with Crippen LogP contribution in [0.1, 0.15) is 0 Å². The maximum absolute atomic E-state index is 3.36. The van der Waals surface area contributed by atoms with E-state index in [-0.39, 0.29) is 31.3 Å². The maximum atomic E-state index is 3.36. The number of hydrogen-bond acceptors (Lipinski definition) is 0. The quantitative estimate of drug-likeness (QED) is 0.300. The van der Waals surface area contributed by atoms with Crippen molar-refractivity contribution >= 4 is 0 Å². The van der Waals surface area contributed by atoms with Crippen LogP contribution in [-0.2, 0) is 16.5 Å². The molecule has 0 nitrogen and oxygen atoms in total. The molecule has 46 valence electrons. The summed E-state index contributed by atoms with van der Waals surface area (Å²) >= 11 is 0. The van der Waals surface area contributed by atoms with Gasteiger partial charge in [-0.1, -0.05) is 25.3 Å². The molecule has 0 atom stereocenters. The molecule has 0 aliphatic heterocycles. The second-order valence-corrected chi connectivity index (χ2v) is 0.471. The molecule has 0 N–H and O–H groups in total. The molecule has 0 aromatic heterocycles. The summed E-state index contributed by atoms with van der Waals surface area (Å²) in [7, 11) is 0. The van der Waals surface area contributed by atoms with Gasteiger partial charge in [0.05, 0.1) is 0 Å². The first-order valence-electron chi connectivity index (χ1n) is 1.15. The van der Waals surface area contributed by atoms with Gasteiger partial charge in [-0.15, -0.1) is 0 Å². The van der Waals surface area contributed by atoms with Crippen LogP contribution in [0.5, 0.6) is 0 Å². The summed E-state index contributed by atoms with van der Waals surface area (Å²) in [6, 6.07) is 0. The summed E-state index contributed by atoms with van der Waals surface area (Å²) in [5.41, 5.74) is 0. The summed E-state index contributed by atoms with van der Waals surface area (Å²) in [5, 5.41) is 0. The van der Waals surface area contributed by atoms with Gasteiger partial charge in [0.2, 0.25) is 0 Å². The van der Waals surface area contributed by atoms with Crippen LogP contribution in [0.3, 0.4) is 0 Å². The van der Waals surface area contributed by atoms with Crippen molar-refractivity contribution in [3.63, 3.8) is 0 Å². The zero-order valence-electron chi connectivity index (χ0n) is 4.89. The van der Waals surface area contributed by atoms with Gasteiger partial charge in [0.25, 0.3) is 0 Å². The van der Waals surface area contributed by atoms with Crippen molar-refractivity contribution in [3.8, 4) is 0 Å². The van der Waals surface area contributed by atoms with Gasteiger partial charge in [0, 0.05) is 0 Å². The summed E-state index contributed by atoms with van der Waals surface area (Å²) in [6.07, 6.45) is 3.28. The van der Waals surface area contributed by atoms with E-state index >= 15 is 0 Å². The van der Waals surface area contributed by atoms with Crippen LogP contribution in [0.15, 0.2) is 25.3 Å². The molecule has 7 heavy (non-hydrogen) atoms. The van der Waals surface area contributed by atoms with Gasteiger partial charge in [-0.25, -0.2) is 0 Å². The minimum Gasteiger partial charge on any atom is -0.358 e. The van der Waals surface area contributed by atoms with Crippen LogP contribution in [0.25, 0.3) is 0 Å². The van der Waals surface area contributed by atoms with Gasteiger partial charge in [0.15, 0.2) is 0 Å². The Kier molecular flexibility index (Phi) is 153. The van der Waals surface area contributed by atoms with Gasteiger partial charge in [-0.05, 0) is 0 Å². The molecule has 0 heterocycles. The Morgan fingerprint density at radius 2 is 1.00 bits per heavy atom. The maximum Gasteiger partial charge on any atom is 2.00 e. The van der Waals surface area contributed by atoms with Crippen LogP contribution in [-0.4, -0.2) is 0 Å². The fraction of sp³-hybridized carbons (Fsp3) is 0. The monoisotopic (exact) mass is 142 g/mol. The van der Waals surface area contributed by atoms with Crippen molar-refractivity contribution in [2.45, 2.75) is 0 Å². The van der Waals surface area contributed by atoms with E-state index in [0.717, 1.165) is 0 Å². The van der Waals surface area contributed by atoms with Crippen molar-refractivity contribution in [3.05, 3.63) is 40.2 Å². The van der Waals surface area contributed by atoms with Gasteiger partial charge in [0.1, 0.15) is 0 Å². The van der Waals surface area contributed by atoms with Gasteiger partial charge < -0.3 is 14.9 Å². The molecule has 0 saturated heterocycles. The summed E-state index contributed by atoms with van der Waals surface area (Å²) in [4.78, 5) is 0. The fourth-order valence-electron chi connectivity index (χ4n) is 0. The summed E-state index contributed by atoms with van der Waals surface area (Å²) in [5.74, 6) is 0. The van der Waals surface area contributed by atoms with E-state index in [1.54, 1.807) is 12.2 Å². The Morgan fingerprint density at radius 1 is 0.857 bits per heavy atom. The summed E-state index contributed by atoms with van der Waals surface area (Å²) < 4.78 is 0. The zero-order valence-corrected chi connectivity index (χ0v) is 5.87. The first kappa shape index (κ1) is 28.1. The predicted octanol–water partition coefficient (Wildman–Crippen LogP) is 2.26. The van der Waals surface area contributed by atoms with E-state index < -0.39 is 0 Å². The topological polar surface area (TPSA) is 0 Å². The smallest absolute Gasteiger partial charge is 0.358 e. The molecule has 0 aliphatic carbocycles. The van der Waals surface area contributed by atoms with E-state index in [4.69, 9.17) is 0 Å². The fourth-order valence-corrected chi connectivity index (χ4v) is 0. The van der Waals surface area contributed by atoms with Gasteiger partial charge >= 0.3 is 16.5 Å². The van der Waals surface area contributed by atoms with Crippen molar-refractivity contribution < 1.29 is 16.5 Å². The standard InChI is InChI=1S/C4H6.2CH3.Ni/c1-3-4-2;;;/h3-4H,1-2H2;2*1H3;/q;2*-1;+2. The third-order valence-electron chi connectivity index (χ3n) is 0.167. The second kappa shape index (κ2) is 37.9. The Morgan fingerprint density at radius 3 is 1.00 bits per heavy atom. The molecule has 0 aromatic carbocycles. The van der Waals surface area contributed by atoms with Crippen molar-refractivity contribution in [2.24, 2.45) is 0 Å². The first-order chi connectivity index (χ1) is 1.91. The molecule has 0 aliphatic rings. The van der Waals surface area contributed by atoms with Crippen LogP contribution in [0.4, 0.5) is 0 Å². The van der Waals surface area contributed by atoms with Crippen LogP contribution in [0, 0.1) is 14.9 Å². The van der Waals surface area contributed by atoms with Crippen LogP contribution >= 0.6 is 0 Å². The number of allylic oxidation sites excluding steroid dienone is 2. The second-order valence-electron chi connectivity index (χ2n) is 0.471. The SMILES string of the molecule is C=CC=C.[CH3-].[CH3-].[Ni+2]. The zero-order chi connectivity index (χ0) is 3.41. The van der Waals surface area contributed by atoms with Crippen LogP contribution < -0.4 is 0 Å². The van der Waals surface area contributed by atoms with Crippen molar-refractivity contribution in [1.82, 2.24) is 0 Å². The first-order valence-corrected chi connectivity index (χ1v) is 1.15. The normalized spacial score (nSPS) is 2.86. The van der Waals surface area contributed by atoms with Crippen molar-refractivity contribution in [1.29, 1.82) is 0 Å². The third-order valence-corrected chi connectivity index (χ3v) is 0.167. The molecule has 0 spiro atoms. The molecule has 1 heteroatoms.